The second kappa shape index (κ2) is 10.5. The molecular formula is C25H38BClN2O6. The van der Waals surface area contributed by atoms with Crippen LogP contribution in [0.1, 0.15) is 65.4 Å². The maximum absolute atomic E-state index is 13.3. The van der Waals surface area contributed by atoms with Gasteiger partial charge in [-0.2, -0.15) is 0 Å². The molecule has 8 nitrogen and oxygen atoms in total. The third kappa shape index (κ3) is 6.08. The van der Waals surface area contributed by atoms with Crippen molar-refractivity contribution in [1.29, 1.82) is 0 Å². The number of nitrogens with zero attached hydrogens (tertiary/aromatic N) is 2. The maximum Gasteiger partial charge on any atom is 0.490 e. The fourth-order valence-corrected chi connectivity index (χ4v) is 5.77. The number of benzene rings is 1. The van der Waals surface area contributed by atoms with Crippen LogP contribution in [-0.4, -0.2) is 77.9 Å². The molecule has 3 aliphatic rings. The van der Waals surface area contributed by atoms with Gasteiger partial charge in [0.25, 0.3) is 0 Å². The van der Waals surface area contributed by atoms with Gasteiger partial charge in [-0.1, -0.05) is 11.6 Å². The molecule has 0 radical (unpaired) electrons. The molecule has 0 aromatic heterocycles. The number of fused-ring (bicyclic) bond motifs is 1. The first kappa shape index (κ1) is 26.5. The Balaban J connectivity index is 1.62. The van der Waals surface area contributed by atoms with Crippen molar-refractivity contribution in [3.63, 3.8) is 0 Å². The molecule has 2 saturated heterocycles. The normalized spacial score (nSPS) is 27.1. The van der Waals surface area contributed by atoms with E-state index in [9.17, 15) is 14.8 Å². The summed E-state index contributed by atoms with van der Waals surface area (Å²) in [7, 11) is -1.63. The van der Waals surface area contributed by atoms with Crippen LogP contribution in [0.5, 0.6) is 0 Å². The first-order valence-corrected chi connectivity index (χ1v) is 13.0. The number of anilines is 1. The van der Waals surface area contributed by atoms with Crippen molar-refractivity contribution >= 4 is 36.0 Å². The Hall–Kier alpha value is -1.52. The van der Waals surface area contributed by atoms with Gasteiger partial charge in [0, 0.05) is 41.9 Å². The van der Waals surface area contributed by atoms with Crippen molar-refractivity contribution in [2.45, 2.75) is 89.7 Å². The van der Waals surface area contributed by atoms with Gasteiger partial charge in [0.05, 0.1) is 12.1 Å². The summed E-state index contributed by atoms with van der Waals surface area (Å²) >= 11 is 6.28. The van der Waals surface area contributed by atoms with Gasteiger partial charge in [0.2, 0.25) is 0 Å². The van der Waals surface area contributed by atoms with E-state index in [2.05, 4.69) is 4.90 Å². The number of rotatable bonds is 5. The van der Waals surface area contributed by atoms with Crippen LogP contribution in [0.4, 0.5) is 10.5 Å². The molecule has 194 valence electrons. The first-order valence-electron chi connectivity index (χ1n) is 12.7. The minimum absolute atomic E-state index is 0.0406. The van der Waals surface area contributed by atoms with Crippen molar-refractivity contribution < 1.29 is 29.1 Å². The number of carbonyl (C=O) groups excluding carboxylic acids is 1. The number of carbonyl (C=O) groups is 1. The third-order valence-corrected chi connectivity index (χ3v) is 7.30. The van der Waals surface area contributed by atoms with Crippen molar-refractivity contribution in [2.75, 3.05) is 31.2 Å². The standard InChI is InChI=1S/C25H38BClN2O6/c1-24(2,3)35-23(30)29-15-19(14-25(29,4)16-34-21-9-5-6-11-33-21)28-10-7-8-17-12-18(27)13-20(22(17)28)26(31)32/h12-13,19,21,31-32H,5-11,14-16H2,1-4H3/t19-,21?,25+/m0/s1. The summed E-state index contributed by atoms with van der Waals surface area (Å²) < 4.78 is 17.7. The summed E-state index contributed by atoms with van der Waals surface area (Å²) in [5.74, 6) is 0. The number of ether oxygens (including phenoxy) is 3. The molecule has 0 bridgehead atoms. The van der Waals surface area contributed by atoms with Crippen molar-refractivity contribution in [3.05, 3.63) is 22.7 Å². The van der Waals surface area contributed by atoms with Crippen molar-refractivity contribution in [1.82, 2.24) is 4.90 Å². The van der Waals surface area contributed by atoms with E-state index in [1.54, 1.807) is 11.0 Å². The molecule has 2 N–H and O–H groups in total. The zero-order chi connectivity index (χ0) is 25.4. The minimum Gasteiger partial charge on any atom is -0.444 e. The first-order chi connectivity index (χ1) is 16.5. The maximum atomic E-state index is 13.3. The van der Waals surface area contributed by atoms with Gasteiger partial charge in [-0.3, -0.25) is 4.90 Å². The quantitative estimate of drug-likeness (QED) is 0.591. The van der Waals surface area contributed by atoms with Gasteiger partial charge in [-0.25, -0.2) is 4.79 Å². The van der Waals surface area contributed by atoms with E-state index in [1.165, 1.54) is 0 Å². The Morgan fingerprint density at radius 3 is 2.71 bits per heavy atom. The highest BCUT2D eigenvalue weighted by Crippen LogP contribution is 2.39. The van der Waals surface area contributed by atoms with Crippen LogP contribution in [0.25, 0.3) is 0 Å². The second-order valence-corrected chi connectivity index (χ2v) is 11.7. The van der Waals surface area contributed by atoms with Gasteiger partial charge < -0.3 is 29.2 Å². The fourth-order valence-electron chi connectivity index (χ4n) is 5.52. The van der Waals surface area contributed by atoms with Crippen LogP contribution >= 0.6 is 11.6 Å². The van der Waals surface area contributed by atoms with Crippen LogP contribution in [0.2, 0.25) is 5.02 Å². The minimum atomic E-state index is -1.63. The Labute approximate surface area is 213 Å². The molecule has 0 spiro atoms. The van der Waals surface area contributed by atoms with E-state index in [0.29, 0.717) is 36.7 Å². The molecule has 1 unspecified atom stereocenters. The van der Waals surface area contributed by atoms with Crippen molar-refractivity contribution in [3.8, 4) is 0 Å². The number of halogens is 1. The van der Waals surface area contributed by atoms with Crippen LogP contribution in [-0.2, 0) is 20.6 Å². The van der Waals surface area contributed by atoms with Crippen LogP contribution < -0.4 is 10.4 Å². The largest absolute Gasteiger partial charge is 0.490 e. The van der Waals surface area contributed by atoms with E-state index in [-0.39, 0.29) is 18.4 Å². The van der Waals surface area contributed by atoms with E-state index in [0.717, 1.165) is 49.9 Å². The summed E-state index contributed by atoms with van der Waals surface area (Å²) in [4.78, 5) is 17.3. The van der Waals surface area contributed by atoms with E-state index in [1.807, 2.05) is 33.8 Å². The van der Waals surface area contributed by atoms with E-state index < -0.39 is 18.3 Å². The average Bonchev–Trinajstić information content (AvgIpc) is 3.14. The lowest BCUT2D eigenvalue weighted by atomic mass is 9.76. The molecule has 1 amide bonds. The number of amides is 1. The number of hydrogen-bond acceptors (Lipinski definition) is 7. The van der Waals surface area contributed by atoms with Gasteiger partial charge in [-0.05, 0) is 83.9 Å². The van der Waals surface area contributed by atoms with Crippen LogP contribution in [0.3, 0.4) is 0 Å². The lowest BCUT2D eigenvalue weighted by Crippen LogP contribution is -2.50. The molecule has 3 heterocycles. The highest BCUT2D eigenvalue weighted by molar-refractivity contribution is 6.61. The Morgan fingerprint density at radius 1 is 1.29 bits per heavy atom. The molecule has 2 fully saturated rings. The average molecular weight is 509 g/mol. The monoisotopic (exact) mass is 508 g/mol. The lowest BCUT2D eigenvalue weighted by molar-refractivity contribution is -0.177. The summed E-state index contributed by atoms with van der Waals surface area (Å²) in [6.07, 6.45) is 4.72. The van der Waals surface area contributed by atoms with Crippen molar-refractivity contribution in [2.24, 2.45) is 0 Å². The predicted molar refractivity (Wildman–Crippen MR) is 136 cm³/mol. The number of aryl methyl sites for hydroxylation is 1. The summed E-state index contributed by atoms with van der Waals surface area (Å²) in [5, 5.41) is 20.7. The second-order valence-electron chi connectivity index (χ2n) is 11.2. The molecule has 35 heavy (non-hydrogen) atoms. The smallest absolute Gasteiger partial charge is 0.444 e. The highest BCUT2D eigenvalue weighted by Gasteiger charge is 2.49. The van der Waals surface area contributed by atoms with Gasteiger partial charge in [0.15, 0.2) is 6.29 Å². The molecule has 4 rings (SSSR count). The third-order valence-electron chi connectivity index (χ3n) is 7.09. The van der Waals surface area contributed by atoms with Gasteiger partial charge >= 0.3 is 13.2 Å². The molecule has 0 saturated carbocycles. The molecular weight excluding hydrogens is 471 g/mol. The summed E-state index contributed by atoms with van der Waals surface area (Å²) in [5.41, 5.74) is 0.986. The fraction of sp³-hybridized carbons (Fsp3) is 0.720. The van der Waals surface area contributed by atoms with Crippen LogP contribution in [0, 0.1) is 0 Å². The molecule has 0 aliphatic carbocycles. The van der Waals surface area contributed by atoms with E-state index in [4.69, 9.17) is 25.8 Å². The zero-order valence-corrected chi connectivity index (χ0v) is 22.0. The topological polar surface area (TPSA) is 91.7 Å². The molecule has 3 atom stereocenters. The number of likely N-dealkylation sites (tertiary alicyclic amines) is 1. The molecule has 1 aromatic rings. The number of hydrogen-bond donors (Lipinski definition) is 2. The van der Waals surface area contributed by atoms with Crippen LogP contribution in [0.15, 0.2) is 12.1 Å². The molecule has 1 aromatic carbocycles. The Bertz CT molecular complexity index is 920. The Kier molecular flexibility index (Phi) is 7.93. The van der Waals surface area contributed by atoms with Gasteiger partial charge in [0.1, 0.15) is 5.60 Å². The lowest BCUT2D eigenvalue weighted by Gasteiger charge is -2.38. The molecule has 3 aliphatic heterocycles. The summed E-state index contributed by atoms with van der Waals surface area (Å²) in [6.45, 7) is 9.86. The van der Waals surface area contributed by atoms with Gasteiger partial charge in [-0.15, -0.1) is 0 Å². The SMILES string of the molecule is CC(C)(C)OC(=O)N1C[C@@H](N2CCCc3cc(Cl)cc(B(O)O)c32)C[C@]1(C)COC1CCCCO1. The zero-order valence-electron chi connectivity index (χ0n) is 21.3. The predicted octanol–water partition coefficient (Wildman–Crippen LogP) is 3.08. The van der Waals surface area contributed by atoms with E-state index >= 15 is 0 Å². The Morgan fingerprint density at radius 2 is 2.06 bits per heavy atom. The molecule has 10 heteroatoms. The summed E-state index contributed by atoms with van der Waals surface area (Å²) in [6, 6.07) is 3.48. The highest BCUT2D eigenvalue weighted by atomic mass is 35.5.